The van der Waals surface area contributed by atoms with Gasteiger partial charge in [0.05, 0.1) is 0 Å². The molecule has 0 rings (SSSR count). The highest BCUT2D eigenvalue weighted by Crippen LogP contribution is 1.95. The summed E-state index contributed by atoms with van der Waals surface area (Å²) in [4.78, 5) is 24.7. The molecule has 0 aromatic carbocycles. The maximum atomic E-state index is 11.4. The van der Waals surface area contributed by atoms with Crippen molar-refractivity contribution in [3.05, 3.63) is 0 Å². The summed E-state index contributed by atoms with van der Waals surface area (Å²) in [6.45, 7) is 4.16. The van der Waals surface area contributed by atoms with Gasteiger partial charge in [-0.25, -0.2) is 4.79 Å². The van der Waals surface area contributed by atoms with E-state index in [-0.39, 0.29) is 18.7 Å². The number of hydrogen-bond donors (Lipinski definition) is 0. The van der Waals surface area contributed by atoms with Crippen molar-refractivity contribution in [2.24, 2.45) is 0 Å². The van der Waals surface area contributed by atoms with E-state index in [1.807, 2.05) is 6.92 Å². The molecule has 0 aliphatic carbocycles. The van der Waals surface area contributed by atoms with Crippen molar-refractivity contribution < 1.29 is 14.3 Å². The third-order valence-corrected chi connectivity index (χ3v) is 1.72. The van der Waals surface area contributed by atoms with E-state index in [0.29, 0.717) is 6.61 Å². The van der Waals surface area contributed by atoms with Crippen LogP contribution in [0.1, 0.15) is 20.3 Å². The molecule has 0 aliphatic heterocycles. The zero-order valence-electron chi connectivity index (χ0n) is 9.24. The molecule has 0 unspecified atom stereocenters. The Morgan fingerprint density at radius 3 is 2.29 bits per heavy atom. The molecule has 5 nitrogen and oxygen atoms in total. The minimum absolute atomic E-state index is 0.213. The molecule has 0 spiro atoms. The maximum Gasteiger partial charge on any atom is 0.327 e. The second-order valence-corrected chi connectivity index (χ2v) is 3.10. The van der Waals surface area contributed by atoms with Crippen LogP contribution in [0.25, 0.3) is 0 Å². The summed E-state index contributed by atoms with van der Waals surface area (Å²) in [5.74, 6) is -0.280. The third-order valence-electron chi connectivity index (χ3n) is 1.72. The van der Waals surface area contributed by atoms with E-state index in [1.54, 1.807) is 7.05 Å². The Balaban J connectivity index is 3.92. The van der Waals surface area contributed by atoms with Crippen LogP contribution < -0.4 is 0 Å². The van der Waals surface area contributed by atoms with E-state index in [0.717, 1.165) is 11.3 Å². The number of amides is 3. The predicted octanol–water partition coefficient (Wildman–Crippen LogP) is 0.901. The van der Waals surface area contributed by atoms with Gasteiger partial charge in [0.1, 0.15) is 6.73 Å². The maximum absolute atomic E-state index is 11.4. The van der Waals surface area contributed by atoms with Gasteiger partial charge >= 0.3 is 6.03 Å². The van der Waals surface area contributed by atoms with Crippen LogP contribution in [0.3, 0.4) is 0 Å². The second kappa shape index (κ2) is 6.37. The van der Waals surface area contributed by atoms with E-state index >= 15 is 0 Å². The Bertz CT molecular complexity index is 206. The Hall–Kier alpha value is -1.10. The Morgan fingerprint density at radius 2 is 1.86 bits per heavy atom. The van der Waals surface area contributed by atoms with Gasteiger partial charge in [-0.1, -0.05) is 6.92 Å². The molecular formula is C9H18N2O3. The molecule has 0 fully saturated rings. The number of carbonyl (C=O) groups excluding carboxylic acids is 2. The van der Waals surface area contributed by atoms with Gasteiger partial charge in [-0.2, -0.15) is 0 Å². The smallest absolute Gasteiger partial charge is 0.327 e. The van der Waals surface area contributed by atoms with Gasteiger partial charge in [-0.15, -0.1) is 0 Å². The SMILES string of the molecule is CCCOCN(C)C(=O)N(C)C(C)=O. The molecule has 0 N–H and O–H groups in total. The van der Waals surface area contributed by atoms with Crippen LogP contribution in [0.15, 0.2) is 0 Å². The zero-order valence-corrected chi connectivity index (χ0v) is 9.24. The van der Waals surface area contributed by atoms with Crippen LogP contribution in [-0.4, -0.2) is 49.2 Å². The number of rotatable bonds is 4. The van der Waals surface area contributed by atoms with Crippen molar-refractivity contribution in [1.82, 2.24) is 9.80 Å². The average molecular weight is 202 g/mol. The average Bonchev–Trinajstić information content (AvgIpc) is 2.15. The number of hydrogen-bond acceptors (Lipinski definition) is 3. The van der Waals surface area contributed by atoms with E-state index < -0.39 is 0 Å². The fourth-order valence-corrected chi connectivity index (χ4v) is 0.792. The lowest BCUT2D eigenvalue weighted by Gasteiger charge is -2.22. The lowest BCUT2D eigenvalue weighted by atomic mass is 10.5. The molecule has 0 aromatic rings. The molecule has 0 saturated carbocycles. The van der Waals surface area contributed by atoms with Crippen LogP contribution >= 0.6 is 0 Å². The van der Waals surface area contributed by atoms with Gasteiger partial charge in [-0.3, -0.25) is 9.69 Å². The van der Waals surface area contributed by atoms with Gasteiger partial charge in [0.15, 0.2) is 0 Å². The molecule has 0 heterocycles. The first-order valence-corrected chi connectivity index (χ1v) is 4.57. The second-order valence-electron chi connectivity index (χ2n) is 3.10. The summed E-state index contributed by atoms with van der Waals surface area (Å²) in [6.07, 6.45) is 0.907. The highest BCUT2D eigenvalue weighted by Gasteiger charge is 2.16. The Morgan fingerprint density at radius 1 is 1.29 bits per heavy atom. The molecule has 0 atom stereocenters. The van der Waals surface area contributed by atoms with Crippen molar-refractivity contribution in [2.75, 3.05) is 27.4 Å². The summed E-state index contributed by atoms with van der Waals surface area (Å²) in [5, 5.41) is 0. The fourth-order valence-electron chi connectivity index (χ4n) is 0.792. The lowest BCUT2D eigenvalue weighted by molar-refractivity contribution is -0.125. The first kappa shape index (κ1) is 12.9. The van der Waals surface area contributed by atoms with Gasteiger partial charge in [-0.05, 0) is 6.42 Å². The Kier molecular flexibility index (Phi) is 5.87. The van der Waals surface area contributed by atoms with E-state index in [4.69, 9.17) is 4.74 Å². The highest BCUT2D eigenvalue weighted by molar-refractivity contribution is 5.92. The first-order chi connectivity index (χ1) is 6.50. The van der Waals surface area contributed by atoms with Gasteiger partial charge < -0.3 is 9.64 Å². The quantitative estimate of drug-likeness (QED) is 0.502. The Labute approximate surface area is 84.6 Å². The molecule has 0 saturated heterocycles. The van der Waals surface area contributed by atoms with Crippen LogP contribution in [0.4, 0.5) is 4.79 Å². The molecule has 3 amide bonds. The van der Waals surface area contributed by atoms with E-state index in [2.05, 4.69) is 0 Å². The van der Waals surface area contributed by atoms with Crippen molar-refractivity contribution in [3.8, 4) is 0 Å². The molecule has 14 heavy (non-hydrogen) atoms. The highest BCUT2D eigenvalue weighted by atomic mass is 16.5. The minimum Gasteiger partial charge on any atom is -0.361 e. The summed E-state index contributed by atoms with van der Waals surface area (Å²) in [7, 11) is 3.04. The molecule has 0 aliphatic rings. The van der Waals surface area contributed by atoms with Gasteiger partial charge in [0.25, 0.3) is 0 Å². The molecule has 0 aromatic heterocycles. The minimum atomic E-state index is -0.353. The number of imide groups is 1. The normalized spacial score (nSPS) is 9.71. The van der Waals surface area contributed by atoms with Crippen molar-refractivity contribution in [3.63, 3.8) is 0 Å². The van der Waals surface area contributed by atoms with Crippen LogP contribution in [0.2, 0.25) is 0 Å². The largest absolute Gasteiger partial charge is 0.361 e. The summed E-state index contributed by atoms with van der Waals surface area (Å²) in [6, 6.07) is -0.353. The molecule has 82 valence electrons. The number of urea groups is 1. The number of ether oxygens (including phenoxy) is 1. The van der Waals surface area contributed by atoms with Crippen LogP contribution in [-0.2, 0) is 9.53 Å². The van der Waals surface area contributed by atoms with E-state index in [1.165, 1.54) is 18.9 Å². The van der Waals surface area contributed by atoms with Gasteiger partial charge in [0.2, 0.25) is 5.91 Å². The first-order valence-electron chi connectivity index (χ1n) is 4.57. The molecular weight excluding hydrogens is 184 g/mol. The zero-order chi connectivity index (χ0) is 11.1. The van der Waals surface area contributed by atoms with Crippen LogP contribution in [0, 0.1) is 0 Å². The molecule has 0 radical (unpaired) electrons. The standard InChI is InChI=1S/C9H18N2O3/c1-5-6-14-7-10(3)9(13)11(4)8(2)12/h5-7H2,1-4H3. The number of carbonyl (C=O) groups is 2. The topological polar surface area (TPSA) is 49.9 Å². The van der Waals surface area contributed by atoms with Crippen molar-refractivity contribution in [2.45, 2.75) is 20.3 Å². The molecule has 5 heteroatoms. The van der Waals surface area contributed by atoms with Crippen LogP contribution in [0.5, 0.6) is 0 Å². The van der Waals surface area contributed by atoms with Gasteiger partial charge in [0, 0.05) is 27.6 Å². The summed E-state index contributed by atoms with van der Waals surface area (Å²) >= 11 is 0. The predicted molar refractivity (Wildman–Crippen MR) is 52.7 cm³/mol. The monoisotopic (exact) mass is 202 g/mol. The summed E-state index contributed by atoms with van der Waals surface area (Å²) in [5.41, 5.74) is 0. The fraction of sp³-hybridized carbons (Fsp3) is 0.778. The lowest BCUT2D eigenvalue weighted by Crippen LogP contribution is -2.42. The van der Waals surface area contributed by atoms with Crippen molar-refractivity contribution in [1.29, 1.82) is 0 Å². The molecule has 0 bridgehead atoms. The summed E-state index contributed by atoms with van der Waals surface area (Å²) < 4.78 is 5.16. The number of nitrogens with zero attached hydrogens (tertiary/aromatic N) is 2. The van der Waals surface area contributed by atoms with Crippen molar-refractivity contribution >= 4 is 11.9 Å². The third kappa shape index (κ3) is 4.23. The van der Waals surface area contributed by atoms with E-state index in [9.17, 15) is 9.59 Å².